The summed E-state index contributed by atoms with van der Waals surface area (Å²) in [5.41, 5.74) is 2.16. The summed E-state index contributed by atoms with van der Waals surface area (Å²) in [6.07, 6.45) is 5.40. The van der Waals surface area contributed by atoms with Crippen molar-refractivity contribution in [3.05, 3.63) is 57.8 Å². The zero-order valence-corrected chi connectivity index (χ0v) is 12.2. The van der Waals surface area contributed by atoms with Gasteiger partial charge in [-0.1, -0.05) is 50.1 Å². The Morgan fingerprint density at radius 3 is 2.53 bits per heavy atom. The van der Waals surface area contributed by atoms with Crippen molar-refractivity contribution in [3.8, 4) is 0 Å². The summed E-state index contributed by atoms with van der Waals surface area (Å²) in [5, 5.41) is 2.01. The van der Waals surface area contributed by atoms with Gasteiger partial charge in [0.05, 0.1) is 0 Å². The van der Waals surface area contributed by atoms with Crippen molar-refractivity contribution in [2.75, 3.05) is 0 Å². The van der Waals surface area contributed by atoms with Gasteiger partial charge in [0.25, 0.3) is 0 Å². The summed E-state index contributed by atoms with van der Waals surface area (Å²) < 4.78 is 0. The Balaban J connectivity index is 1.92. The highest BCUT2D eigenvalue weighted by atomic mass is 32.1. The summed E-state index contributed by atoms with van der Waals surface area (Å²) in [4.78, 5) is 13.2. The predicted molar refractivity (Wildman–Crippen MR) is 82.0 cm³/mol. The van der Waals surface area contributed by atoms with E-state index in [1.165, 1.54) is 24.8 Å². The van der Waals surface area contributed by atoms with Crippen molar-refractivity contribution in [1.29, 1.82) is 0 Å². The number of Topliss-reactive ketones (excluding diaryl/α,β-unsaturated/α-hetero) is 1. The van der Waals surface area contributed by atoms with Crippen molar-refractivity contribution in [2.45, 2.75) is 39.0 Å². The van der Waals surface area contributed by atoms with Gasteiger partial charge in [-0.05, 0) is 29.9 Å². The lowest BCUT2D eigenvalue weighted by Gasteiger charge is -2.03. The molecule has 0 bridgehead atoms. The van der Waals surface area contributed by atoms with Crippen molar-refractivity contribution < 1.29 is 4.79 Å². The molecule has 100 valence electrons. The third-order valence-electron chi connectivity index (χ3n) is 3.26. The molecule has 0 saturated carbocycles. The maximum absolute atomic E-state index is 12.1. The molecule has 0 unspecified atom stereocenters. The summed E-state index contributed by atoms with van der Waals surface area (Å²) in [6, 6.07) is 12.1. The average molecular weight is 272 g/mol. The fourth-order valence-corrected chi connectivity index (χ4v) is 2.81. The van der Waals surface area contributed by atoms with Crippen molar-refractivity contribution in [3.63, 3.8) is 0 Å². The van der Waals surface area contributed by atoms with Crippen LogP contribution in [-0.4, -0.2) is 5.78 Å². The largest absolute Gasteiger partial charge is 0.294 e. The quantitative estimate of drug-likeness (QED) is 0.517. The van der Waals surface area contributed by atoms with Crippen LogP contribution in [0, 0.1) is 0 Å². The Labute approximate surface area is 119 Å². The van der Waals surface area contributed by atoms with Crippen LogP contribution in [0.4, 0.5) is 0 Å². The smallest absolute Gasteiger partial charge is 0.168 e. The number of carbonyl (C=O) groups excluding carboxylic acids is 1. The lowest BCUT2D eigenvalue weighted by molar-refractivity contribution is 0.0994. The molecule has 1 nitrogen and oxygen atoms in total. The van der Waals surface area contributed by atoms with E-state index < -0.39 is 0 Å². The first-order chi connectivity index (χ1) is 9.29. The number of hydrogen-bond donors (Lipinski definition) is 0. The molecule has 1 aromatic carbocycles. The summed E-state index contributed by atoms with van der Waals surface area (Å²) >= 11 is 1.64. The first-order valence-electron chi connectivity index (χ1n) is 6.94. The van der Waals surface area contributed by atoms with Gasteiger partial charge >= 0.3 is 0 Å². The second-order valence-corrected chi connectivity index (χ2v) is 5.87. The lowest BCUT2D eigenvalue weighted by Crippen LogP contribution is -2.02. The molecule has 2 heteroatoms. The molecule has 0 aliphatic rings. The molecular weight excluding hydrogens is 252 g/mol. The predicted octanol–water partition coefficient (Wildman–Crippen LogP) is 4.91. The fourth-order valence-electron chi connectivity index (χ4n) is 2.11. The van der Waals surface area contributed by atoms with Gasteiger partial charge in [-0.25, -0.2) is 0 Å². The van der Waals surface area contributed by atoms with Crippen molar-refractivity contribution in [1.82, 2.24) is 0 Å². The Morgan fingerprint density at radius 2 is 1.89 bits per heavy atom. The van der Waals surface area contributed by atoms with Gasteiger partial charge in [0.15, 0.2) is 5.78 Å². The van der Waals surface area contributed by atoms with Crippen LogP contribution in [0.15, 0.2) is 41.8 Å². The van der Waals surface area contributed by atoms with Crippen LogP contribution in [0.25, 0.3) is 0 Å². The molecule has 0 aliphatic carbocycles. The number of rotatable bonds is 7. The van der Waals surface area contributed by atoms with E-state index in [-0.39, 0.29) is 5.78 Å². The van der Waals surface area contributed by atoms with E-state index in [1.807, 2.05) is 29.6 Å². The van der Waals surface area contributed by atoms with Crippen molar-refractivity contribution in [2.24, 2.45) is 0 Å². The molecular formula is C17H20OS. The van der Waals surface area contributed by atoms with Gasteiger partial charge < -0.3 is 0 Å². The highest BCUT2D eigenvalue weighted by Crippen LogP contribution is 2.14. The molecule has 0 atom stereocenters. The number of aryl methyl sites for hydroxylation is 1. The standard InChI is InChI=1S/C17H20OS/c1-2-3-4-6-14-8-10-15(11-9-14)17(18)13-16-7-5-12-19-16/h5,7-12H,2-4,6,13H2,1H3. The zero-order chi connectivity index (χ0) is 13.5. The average Bonchev–Trinajstić information content (AvgIpc) is 2.93. The third kappa shape index (κ3) is 4.32. The van der Waals surface area contributed by atoms with E-state index >= 15 is 0 Å². The van der Waals surface area contributed by atoms with E-state index in [2.05, 4.69) is 19.1 Å². The number of ketones is 1. The topological polar surface area (TPSA) is 17.1 Å². The molecule has 0 radical (unpaired) electrons. The van der Waals surface area contributed by atoms with Gasteiger partial charge in [-0.3, -0.25) is 4.79 Å². The Morgan fingerprint density at radius 1 is 1.11 bits per heavy atom. The Bertz CT molecular complexity index is 497. The molecule has 0 saturated heterocycles. The minimum atomic E-state index is 0.211. The van der Waals surface area contributed by atoms with E-state index in [0.717, 1.165) is 16.9 Å². The molecule has 1 aromatic heterocycles. The zero-order valence-electron chi connectivity index (χ0n) is 11.4. The molecule has 0 spiro atoms. The number of thiophene rings is 1. The van der Waals surface area contributed by atoms with Gasteiger partial charge in [0.1, 0.15) is 0 Å². The SMILES string of the molecule is CCCCCc1ccc(C(=O)Cc2cccs2)cc1. The number of benzene rings is 1. The summed E-state index contributed by atoms with van der Waals surface area (Å²) in [6.45, 7) is 2.21. The van der Waals surface area contributed by atoms with Crippen LogP contribution < -0.4 is 0 Å². The van der Waals surface area contributed by atoms with Crippen LogP contribution in [-0.2, 0) is 12.8 Å². The van der Waals surface area contributed by atoms with Crippen LogP contribution in [0.3, 0.4) is 0 Å². The van der Waals surface area contributed by atoms with E-state index in [9.17, 15) is 4.79 Å². The van der Waals surface area contributed by atoms with Crippen LogP contribution in [0.2, 0.25) is 0 Å². The van der Waals surface area contributed by atoms with Crippen LogP contribution >= 0.6 is 11.3 Å². The summed E-state index contributed by atoms with van der Waals surface area (Å²) in [5.74, 6) is 0.211. The molecule has 2 rings (SSSR count). The van der Waals surface area contributed by atoms with Gasteiger partial charge in [-0.15, -0.1) is 11.3 Å². The summed E-state index contributed by atoms with van der Waals surface area (Å²) in [7, 11) is 0. The van der Waals surface area contributed by atoms with Crippen molar-refractivity contribution >= 4 is 17.1 Å². The molecule has 0 amide bonds. The minimum Gasteiger partial charge on any atom is -0.294 e. The second-order valence-electron chi connectivity index (χ2n) is 4.83. The Kier molecular flexibility index (Phi) is 5.34. The maximum atomic E-state index is 12.1. The fraction of sp³-hybridized carbons (Fsp3) is 0.353. The first-order valence-corrected chi connectivity index (χ1v) is 7.82. The van der Waals surface area contributed by atoms with Crippen LogP contribution in [0.5, 0.6) is 0 Å². The van der Waals surface area contributed by atoms with E-state index in [4.69, 9.17) is 0 Å². The second kappa shape index (κ2) is 7.25. The molecule has 0 N–H and O–H groups in total. The third-order valence-corrected chi connectivity index (χ3v) is 4.14. The molecule has 2 aromatic rings. The molecule has 1 heterocycles. The van der Waals surface area contributed by atoms with Crippen LogP contribution in [0.1, 0.15) is 47.0 Å². The Hall–Kier alpha value is -1.41. The lowest BCUT2D eigenvalue weighted by atomic mass is 10.0. The first kappa shape index (κ1) is 14.0. The maximum Gasteiger partial charge on any atom is 0.168 e. The van der Waals surface area contributed by atoms with Gasteiger partial charge in [-0.2, -0.15) is 0 Å². The number of carbonyl (C=O) groups is 1. The van der Waals surface area contributed by atoms with Gasteiger partial charge in [0.2, 0.25) is 0 Å². The number of unbranched alkanes of at least 4 members (excludes halogenated alkanes) is 2. The van der Waals surface area contributed by atoms with E-state index in [1.54, 1.807) is 11.3 Å². The normalized spacial score (nSPS) is 10.6. The monoisotopic (exact) mass is 272 g/mol. The van der Waals surface area contributed by atoms with Gasteiger partial charge in [0, 0.05) is 16.9 Å². The minimum absolute atomic E-state index is 0.211. The highest BCUT2D eigenvalue weighted by molar-refractivity contribution is 7.10. The number of hydrogen-bond acceptors (Lipinski definition) is 2. The molecule has 0 aliphatic heterocycles. The van der Waals surface area contributed by atoms with E-state index in [0.29, 0.717) is 6.42 Å². The molecule has 19 heavy (non-hydrogen) atoms. The highest BCUT2D eigenvalue weighted by Gasteiger charge is 2.07. The molecule has 0 fully saturated rings.